The molecule has 0 bridgehead atoms. The highest BCUT2D eigenvalue weighted by Crippen LogP contribution is 2.21. The highest BCUT2D eigenvalue weighted by Gasteiger charge is 2.40. The average molecular weight is 348 g/mol. The zero-order valence-corrected chi connectivity index (χ0v) is 14.4. The van der Waals surface area contributed by atoms with E-state index in [2.05, 4.69) is 20.9 Å². The molecule has 25 heavy (non-hydrogen) atoms. The summed E-state index contributed by atoms with van der Waals surface area (Å²) in [6.07, 6.45) is 2.04. The Balaban J connectivity index is 1.47. The van der Waals surface area contributed by atoms with Gasteiger partial charge in [0.1, 0.15) is 11.9 Å². The minimum Gasteiger partial charge on any atom is -0.353 e. The first-order valence-electron chi connectivity index (χ1n) is 8.79. The number of likely N-dealkylation sites (N-methyl/N-ethyl adjacent to an activating group) is 1. The number of rotatable bonds is 5. The number of hydrogen-bond acceptors (Lipinski definition) is 4. The van der Waals surface area contributed by atoms with Crippen LogP contribution >= 0.6 is 0 Å². The molecule has 3 atom stereocenters. The molecule has 0 spiro atoms. The predicted octanol–water partition coefficient (Wildman–Crippen LogP) is 0.383. The standard InChI is InChI=1S/C18H25FN4O2/c1-23-14(11-22-18(25)17-15(23)8-9-20-17)6-7-16(24)21-10-12-2-4-13(19)5-3-12/h2-5,14-15,17,20H,6-11H2,1H3,(H,21,24)(H,22,25)/t14-,15-,17-/m0/s1. The molecule has 0 aromatic heterocycles. The summed E-state index contributed by atoms with van der Waals surface area (Å²) in [5.41, 5.74) is 0.869. The summed E-state index contributed by atoms with van der Waals surface area (Å²) >= 11 is 0. The number of benzene rings is 1. The third-order valence-corrected chi connectivity index (χ3v) is 5.19. The van der Waals surface area contributed by atoms with Crippen LogP contribution in [0, 0.1) is 5.82 Å². The van der Waals surface area contributed by atoms with Crippen LogP contribution in [0.1, 0.15) is 24.8 Å². The molecule has 136 valence electrons. The van der Waals surface area contributed by atoms with Crippen LogP contribution < -0.4 is 16.0 Å². The van der Waals surface area contributed by atoms with E-state index in [0.29, 0.717) is 25.9 Å². The van der Waals surface area contributed by atoms with Crippen molar-refractivity contribution in [2.45, 2.75) is 43.9 Å². The summed E-state index contributed by atoms with van der Waals surface area (Å²) in [7, 11) is 2.03. The molecule has 2 heterocycles. The van der Waals surface area contributed by atoms with Gasteiger partial charge in [-0.2, -0.15) is 0 Å². The largest absolute Gasteiger partial charge is 0.353 e. The number of halogens is 1. The number of nitrogens with one attached hydrogen (secondary N) is 3. The zero-order chi connectivity index (χ0) is 17.8. The van der Waals surface area contributed by atoms with E-state index >= 15 is 0 Å². The quantitative estimate of drug-likeness (QED) is 0.719. The Morgan fingerprint density at radius 1 is 1.36 bits per heavy atom. The van der Waals surface area contributed by atoms with Crippen molar-refractivity contribution in [2.24, 2.45) is 0 Å². The molecule has 0 aliphatic carbocycles. The molecule has 0 radical (unpaired) electrons. The Hall–Kier alpha value is -1.99. The molecule has 2 saturated heterocycles. The van der Waals surface area contributed by atoms with Gasteiger partial charge in [-0.25, -0.2) is 4.39 Å². The van der Waals surface area contributed by atoms with Gasteiger partial charge in [-0.15, -0.1) is 0 Å². The van der Waals surface area contributed by atoms with E-state index in [1.54, 1.807) is 12.1 Å². The molecule has 6 nitrogen and oxygen atoms in total. The smallest absolute Gasteiger partial charge is 0.238 e. The number of carbonyl (C=O) groups is 2. The van der Waals surface area contributed by atoms with Crippen LogP contribution in [0.3, 0.4) is 0 Å². The van der Waals surface area contributed by atoms with Crippen molar-refractivity contribution in [2.75, 3.05) is 20.1 Å². The van der Waals surface area contributed by atoms with E-state index in [1.807, 2.05) is 7.05 Å². The van der Waals surface area contributed by atoms with E-state index in [4.69, 9.17) is 0 Å². The molecule has 2 fully saturated rings. The number of fused-ring (bicyclic) bond motifs is 1. The normalized spacial score (nSPS) is 26.6. The zero-order valence-electron chi connectivity index (χ0n) is 14.4. The van der Waals surface area contributed by atoms with Gasteiger partial charge < -0.3 is 16.0 Å². The van der Waals surface area contributed by atoms with Crippen molar-refractivity contribution in [3.63, 3.8) is 0 Å². The van der Waals surface area contributed by atoms with Gasteiger partial charge in [-0.05, 0) is 44.1 Å². The van der Waals surface area contributed by atoms with Gasteiger partial charge >= 0.3 is 0 Å². The number of carbonyl (C=O) groups excluding carboxylic acids is 2. The van der Waals surface area contributed by atoms with Crippen LogP contribution in [-0.4, -0.2) is 55.0 Å². The molecule has 3 N–H and O–H groups in total. The van der Waals surface area contributed by atoms with E-state index in [0.717, 1.165) is 18.5 Å². The lowest BCUT2D eigenvalue weighted by atomic mass is 10.0. The topological polar surface area (TPSA) is 73.5 Å². The van der Waals surface area contributed by atoms with Gasteiger partial charge in [0, 0.05) is 31.6 Å². The van der Waals surface area contributed by atoms with Crippen molar-refractivity contribution in [1.82, 2.24) is 20.9 Å². The highest BCUT2D eigenvalue weighted by molar-refractivity contribution is 5.83. The fourth-order valence-electron chi connectivity index (χ4n) is 3.63. The molecule has 1 aromatic carbocycles. The molecular formula is C18H25FN4O2. The molecule has 0 saturated carbocycles. The summed E-state index contributed by atoms with van der Waals surface area (Å²) in [6, 6.07) is 6.29. The SMILES string of the molecule is CN1[C@@H](CCC(=O)NCc2ccc(F)cc2)CNC(=O)[C@H]2NCC[C@@H]21. The minimum absolute atomic E-state index is 0.0330. The van der Waals surface area contributed by atoms with Gasteiger partial charge in [0.2, 0.25) is 11.8 Å². The van der Waals surface area contributed by atoms with Crippen molar-refractivity contribution >= 4 is 11.8 Å². The first-order valence-corrected chi connectivity index (χ1v) is 8.79. The van der Waals surface area contributed by atoms with Crippen LogP contribution in [0.2, 0.25) is 0 Å². The van der Waals surface area contributed by atoms with Crippen LogP contribution in [0.5, 0.6) is 0 Å². The van der Waals surface area contributed by atoms with E-state index in [-0.39, 0.29) is 35.8 Å². The van der Waals surface area contributed by atoms with Crippen molar-refractivity contribution in [3.05, 3.63) is 35.6 Å². The second kappa shape index (κ2) is 7.93. The van der Waals surface area contributed by atoms with E-state index < -0.39 is 0 Å². The Morgan fingerprint density at radius 2 is 2.12 bits per heavy atom. The molecule has 2 amide bonds. The summed E-state index contributed by atoms with van der Waals surface area (Å²) < 4.78 is 12.9. The lowest BCUT2D eigenvalue weighted by Crippen LogP contribution is -2.48. The molecule has 1 aromatic rings. The Labute approximate surface area is 147 Å². The first kappa shape index (κ1) is 17.8. The predicted molar refractivity (Wildman–Crippen MR) is 92.2 cm³/mol. The van der Waals surface area contributed by atoms with Crippen molar-refractivity contribution < 1.29 is 14.0 Å². The van der Waals surface area contributed by atoms with Crippen LogP contribution in [0.25, 0.3) is 0 Å². The Morgan fingerprint density at radius 3 is 2.88 bits per heavy atom. The van der Waals surface area contributed by atoms with Crippen LogP contribution in [-0.2, 0) is 16.1 Å². The van der Waals surface area contributed by atoms with Crippen molar-refractivity contribution in [3.8, 4) is 0 Å². The molecule has 7 heteroatoms. The number of amides is 2. The maximum Gasteiger partial charge on any atom is 0.238 e. The first-order chi connectivity index (χ1) is 12.0. The number of hydrogen-bond donors (Lipinski definition) is 3. The lowest BCUT2D eigenvalue weighted by Gasteiger charge is -2.31. The number of nitrogens with zero attached hydrogens (tertiary/aromatic N) is 1. The fourth-order valence-corrected chi connectivity index (χ4v) is 3.63. The maximum absolute atomic E-state index is 12.9. The van der Waals surface area contributed by atoms with Gasteiger partial charge in [-0.3, -0.25) is 14.5 Å². The average Bonchev–Trinajstić information content (AvgIpc) is 3.06. The van der Waals surface area contributed by atoms with Gasteiger partial charge in [0.15, 0.2) is 0 Å². The maximum atomic E-state index is 12.9. The molecule has 0 unspecified atom stereocenters. The van der Waals surface area contributed by atoms with Gasteiger partial charge in [0.25, 0.3) is 0 Å². The molecule has 3 rings (SSSR count). The Kier molecular flexibility index (Phi) is 5.65. The third kappa shape index (κ3) is 4.35. The van der Waals surface area contributed by atoms with E-state index in [9.17, 15) is 14.0 Å². The van der Waals surface area contributed by atoms with Crippen LogP contribution in [0.4, 0.5) is 4.39 Å². The summed E-state index contributed by atoms with van der Waals surface area (Å²) in [6.45, 7) is 1.80. The van der Waals surface area contributed by atoms with Gasteiger partial charge in [0.05, 0.1) is 0 Å². The van der Waals surface area contributed by atoms with Gasteiger partial charge in [-0.1, -0.05) is 12.1 Å². The summed E-state index contributed by atoms with van der Waals surface area (Å²) in [5, 5.41) is 9.08. The lowest BCUT2D eigenvalue weighted by molar-refractivity contribution is -0.123. The third-order valence-electron chi connectivity index (χ3n) is 5.19. The second-order valence-electron chi connectivity index (χ2n) is 6.79. The van der Waals surface area contributed by atoms with E-state index in [1.165, 1.54) is 12.1 Å². The molecule has 2 aliphatic heterocycles. The summed E-state index contributed by atoms with van der Waals surface area (Å²) in [5.74, 6) is -0.264. The fraction of sp³-hybridized carbons (Fsp3) is 0.556. The molecular weight excluding hydrogens is 323 g/mol. The van der Waals surface area contributed by atoms with Crippen LogP contribution in [0.15, 0.2) is 24.3 Å². The monoisotopic (exact) mass is 348 g/mol. The minimum atomic E-state index is -0.284. The Bertz CT molecular complexity index is 622. The second-order valence-corrected chi connectivity index (χ2v) is 6.79. The molecule has 2 aliphatic rings. The highest BCUT2D eigenvalue weighted by atomic mass is 19.1. The van der Waals surface area contributed by atoms with Crippen molar-refractivity contribution in [1.29, 1.82) is 0 Å². The summed E-state index contributed by atoms with van der Waals surface area (Å²) in [4.78, 5) is 26.4.